The topological polar surface area (TPSA) is 54.0 Å². The Bertz CT molecular complexity index is 870. The zero-order valence-corrected chi connectivity index (χ0v) is 16.5. The number of carbonyl (C=O) groups is 1. The van der Waals surface area contributed by atoms with Crippen molar-refractivity contribution >= 4 is 46.4 Å². The van der Waals surface area contributed by atoms with Crippen LogP contribution in [0.5, 0.6) is 0 Å². The number of amides is 2. The predicted molar refractivity (Wildman–Crippen MR) is 110 cm³/mol. The Kier molecular flexibility index (Phi) is 6.55. The molecule has 0 saturated carbocycles. The van der Waals surface area contributed by atoms with Crippen LogP contribution in [-0.2, 0) is 5.75 Å². The van der Waals surface area contributed by atoms with Gasteiger partial charge < -0.3 is 10.6 Å². The summed E-state index contributed by atoms with van der Waals surface area (Å²) in [6.45, 7) is 1.93. The largest absolute Gasteiger partial charge is 0.331 e. The Morgan fingerprint density at radius 1 is 1.23 bits per heavy atom. The smallest absolute Gasteiger partial charge is 0.319 e. The van der Waals surface area contributed by atoms with Gasteiger partial charge in [0.1, 0.15) is 0 Å². The molecule has 2 N–H and O–H groups in total. The van der Waals surface area contributed by atoms with Gasteiger partial charge in [-0.2, -0.15) is 0 Å². The standard InChI is InChI=1S/C19H18ClN3OS2/c1-13(16-8-9-17(20)26-16)22-19(24)23-15-6-4-5-14(11-15)12-25-18-7-2-3-10-21-18/h2-11,13H,12H2,1H3,(H2,22,23,24). The average Bonchev–Trinajstić information content (AvgIpc) is 3.08. The van der Waals surface area contributed by atoms with E-state index in [1.54, 1.807) is 18.0 Å². The summed E-state index contributed by atoms with van der Waals surface area (Å²) in [4.78, 5) is 17.5. The zero-order valence-electron chi connectivity index (χ0n) is 14.1. The third kappa shape index (κ3) is 5.49. The molecule has 26 heavy (non-hydrogen) atoms. The van der Waals surface area contributed by atoms with Crippen LogP contribution in [0.3, 0.4) is 0 Å². The number of thioether (sulfide) groups is 1. The first-order valence-electron chi connectivity index (χ1n) is 8.05. The molecule has 2 heterocycles. The first-order chi connectivity index (χ1) is 12.6. The number of urea groups is 1. The molecule has 2 aromatic heterocycles. The number of hydrogen-bond acceptors (Lipinski definition) is 4. The first kappa shape index (κ1) is 18.8. The molecule has 3 rings (SSSR count). The van der Waals surface area contributed by atoms with Crippen LogP contribution in [0.4, 0.5) is 10.5 Å². The van der Waals surface area contributed by atoms with E-state index in [0.29, 0.717) is 4.34 Å². The molecule has 0 spiro atoms. The normalized spacial score (nSPS) is 11.8. The van der Waals surface area contributed by atoms with Crippen LogP contribution in [0, 0.1) is 0 Å². The molecular formula is C19H18ClN3OS2. The van der Waals surface area contributed by atoms with Crippen LogP contribution < -0.4 is 10.6 Å². The van der Waals surface area contributed by atoms with E-state index in [1.165, 1.54) is 11.3 Å². The van der Waals surface area contributed by atoms with Gasteiger partial charge in [-0.05, 0) is 48.9 Å². The van der Waals surface area contributed by atoms with E-state index in [9.17, 15) is 4.79 Å². The molecule has 1 atom stereocenters. The molecular weight excluding hydrogens is 386 g/mol. The van der Waals surface area contributed by atoms with Gasteiger partial charge in [0.2, 0.25) is 0 Å². The second-order valence-corrected chi connectivity index (χ2v) is 8.36. The summed E-state index contributed by atoms with van der Waals surface area (Å²) in [6.07, 6.45) is 1.78. The van der Waals surface area contributed by atoms with Crippen LogP contribution in [0.1, 0.15) is 23.4 Å². The SMILES string of the molecule is CC(NC(=O)Nc1cccc(CSc2ccccn2)c1)c1ccc(Cl)s1. The Hall–Kier alpha value is -2.02. The van der Waals surface area contributed by atoms with Gasteiger partial charge in [-0.15, -0.1) is 23.1 Å². The molecule has 0 radical (unpaired) electrons. The number of aromatic nitrogens is 1. The van der Waals surface area contributed by atoms with Crippen molar-refractivity contribution < 1.29 is 4.79 Å². The molecule has 0 aliphatic carbocycles. The second kappa shape index (κ2) is 9.07. The van der Waals surface area contributed by atoms with Gasteiger partial charge in [0, 0.05) is 22.5 Å². The minimum absolute atomic E-state index is 0.101. The molecule has 2 amide bonds. The molecule has 1 aromatic carbocycles. The molecule has 4 nitrogen and oxygen atoms in total. The monoisotopic (exact) mass is 403 g/mol. The Labute approximate surface area is 166 Å². The van der Waals surface area contributed by atoms with Gasteiger partial charge in [-0.3, -0.25) is 0 Å². The lowest BCUT2D eigenvalue weighted by molar-refractivity contribution is 0.249. The third-order valence-electron chi connectivity index (χ3n) is 3.58. The summed E-state index contributed by atoms with van der Waals surface area (Å²) in [5.74, 6) is 0.790. The van der Waals surface area contributed by atoms with E-state index in [-0.39, 0.29) is 12.1 Å². The molecule has 7 heteroatoms. The molecule has 0 aliphatic rings. The lowest BCUT2D eigenvalue weighted by Crippen LogP contribution is -2.30. The number of rotatable bonds is 6. The zero-order chi connectivity index (χ0) is 18.4. The average molecular weight is 404 g/mol. The Morgan fingerprint density at radius 2 is 2.12 bits per heavy atom. The van der Waals surface area contributed by atoms with Crippen molar-refractivity contribution in [3.63, 3.8) is 0 Å². The lowest BCUT2D eigenvalue weighted by Gasteiger charge is -2.13. The maximum Gasteiger partial charge on any atom is 0.319 e. The molecule has 3 aromatic rings. The number of anilines is 1. The summed E-state index contributed by atoms with van der Waals surface area (Å²) >= 11 is 9.07. The summed E-state index contributed by atoms with van der Waals surface area (Å²) in [6, 6.07) is 17.1. The molecule has 134 valence electrons. The van der Waals surface area contributed by atoms with Gasteiger partial charge >= 0.3 is 6.03 Å². The molecule has 1 unspecified atom stereocenters. The van der Waals surface area contributed by atoms with E-state index < -0.39 is 0 Å². The van der Waals surface area contributed by atoms with Crippen LogP contribution >= 0.6 is 34.7 Å². The Morgan fingerprint density at radius 3 is 2.85 bits per heavy atom. The quantitative estimate of drug-likeness (QED) is 0.498. The molecule has 0 fully saturated rings. The summed E-state index contributed by atoms with van der Waals surface area (Å²) in [5, 5.41) is 6.79. The number of nitrogens with zero attached hydrogens (tertiary/aromatic N) is 1. The van der Waals surface area contributed by atoms with Gasteiger partial charge in [0.25, 0.3) is 0 Å². The van der Waals surface area contributed by atoms with Crippen molar-refractivity contribution in [2.75, 3.05) is 5.32 Å². The highest BCUT2D eigenvalue weighted by Gasteiger charge is 2.11. The van der Waals surface area contributed by atoms with E-state index in [0.717, 1.165) is 26.9 Å². The van der Waals surface area contributed by atoms with Crippen molar-refractivity contribution in [2.45, 2.75) is 23.7 Å². The summed E-state index contributed by atoms with van der Waals surface area (Å²) < 4.78 is 0.715. The summed E-state index contributed by atoms with van der Waals surface area (Å²) in [7, 11) is 0. The van der Waals surface area contributed by atoms with Gasteiger partial charge in [-0.25, -0.2) is 9.78 Å². The lowest BCUT2D eigenvalue weighted by atomic mass is 10.2. The van der Waals surface area contributed by atoms with Crippen molar-refractivity contribution in [1.82, 2.24) is 10.3 Å². The Balaban J connectivity index is 1.55. The van der Waals surface area contributed by atoms with Crippen LogP contribution in [0.25, 0.3) is 0 Å². The van der Waals surface area contributed by atoms with Gasteiger partial charge in [-0.1, -0.05) is 29.8 Å². The van der Waals surface area contributed by atoms with Crippen molar-refractivity contribution in [2.24, 2.45) is 0 Å². The van der Waals surface area contributed by atoms with E-state index >= 15 is 0 Å². The number of pyridine rings is 1. The number of halogens is 1. The van der Waals surface area contributed by atoms with Crippen molar-refractivity contribution in [1.29, 1.82) is 0 Å². The fourth-order valence-electron chi connectivity index (χ4n) is 2.32. The van der Waals surface area contributed by atoms with Gasteiger partial charge in [0.05, 0.1) is 15.4 Å². The predicted octanol–water partition coefficient (Wildman–Crippen LogP) is 5.97. The highest BCUT2D eigenvalue weighted by Crippen LogP contribution is 2.27. The minimum atomic E-state index is -0.239. The maximum atomic E-state index is 12.2. The highest BCUT2D eigenvalue weighted by atomic mass is 35.5. The van der Waals surface area contributed by atoms with E-state index in [2.05, 4.69) is 15.6 Å². The number of hydrogen-bond donors (Lipinski definition) is 2. The minimum Gasteiger partial charge on any atom is -0.331 e. The highest BCUT2D eigenvalue weighted by molar-refractivity contribution is 7.98. The molecule has 0 aliphatic heterocycles. The number of carbonyl (C=O) groups excluding carboxylic acids is 1. The summed E-state index contributed by atoms with van der Waals surface area (Å²) in [5.41, 5.74) is 1.88. The fourth-order valence-corrected chi connectivity index (χ4v) is 4.19. The first-order valence-corrected chi connectivity index (χ1v) is 10.2. The number of thiophene rings is 1. The molecule has 0 saturated heterocycles. The van der Waals surface area contributed by atoms with Crippen LogP contribution in [-0.4, -0.2) is 11.0 Å². The maximum absolute atomic E-state index is 12.2. The fraction of sp³-hybridized carbons (Fsp3) is 0.158. The van der Waals surface area contributed by atoms with Crippen LogP contribution in [0.15, 0.2) is 65.8 Å². The second-order valence-electron chi connectivity index (χ2n) is 5.62. The van der Waals surface area contributed by atoms with E-state index in [1.807, 2.05) is 61.5 Å². The third-order valence-corrected chi connectivity index (χ3v) is 6.01. The van der Waals surface area contributed by atoms with Gasteiger partial charge in [0.15, 0.2) is 0 Å². The number of benzene rings is 1. The van der Waals surface area contributed by atoms with Crippen LogP contribution in [0.2, 0.25) is 4.34 Å². The molecule has 0 bridgehead atoms. The van der Waals surface area contributed by atoms with Crippen molar-refractivity contribution in [3.8, 4) is 0 Å². The van der Waals surface area contributed by atoms with E-state index in [4.69, 9.17) is 11.6 Å². The number of nitrogens with one attached hydrogen (secondary N) is 2. The van der Waals surface area contributed by atoms with Crippen molar-refractivity contribution in [3.05, 3.63) is 75.6 Å².